The van der Waals surface area contributed by atoms with Gasteiger partial charge in [-0.15, -0.1) is 0 Å². The zero-order valence-corrected chi connectivity index (χ0v) is 10.9. The summed E-state index contributed by atoms with van der Waals surface area (Å²) < 4.78 is 13.7. The fourth-order valence-corrected chi connectivity index (χ4v) is 1.92. The molecule has 0 bridgehead atoms. The van der Waals surface area contributed by atoms with Crippen LogP contribution in [0.3, 0.4) is 0 Å². The second kappa shape index (κ2) is 5.18. The quantitative estimate of drug-likeness (QED) is 0.835. The van der Waals surface area contributed by atoms with E-state index in [9.17, 15) is 9.18 Å². The second-order valence-corrected chi connectivity index (χ2v) is 4.65. The van der Waals surface area contributed by atoms with Gasteiger partial charge in [-0.1, -0.05) is 15.9 Å². The van der Waals surface area contributed by atoms with Crippen molar-refractivity contribution in [3.05, 3.63) is 58.3 Å². The molecule has 0 radical (unpaired) electrons. The van der Waals surface area contributed by atoms with Gasteiger partial charge in [0, 0.05) is 21.4 Å². The lowest BCUT2D eigenvalue weighted by Crippen LogP contribution is -2.12. The summed E-state index contributed by atoms with van der Waals surface area (Å²) in [6.07, 6.45) is 0. The number of carbonyl (C=O) groups excluding carboxylic acids is 1. The first kappa shape index (κ1) is 12.6. The zero-order valence-electron chi connectivity index (χ0n) is 9.28. The molecule has 0 saturated heterocycles. The lowest BCUT2D eigenvalue weighted by atomic mass is 10.2. The number of carbonyl (C=O) groups is 1. The van der Waals surface area contributed by atoms with Crippen molar-refractivity contribution in [2.75, 3.05) is 11.1 Å². The molecule has 0 fully saturated rings. The number of benzene rings is 2. The summed E-state index contributed by atoms with van der Waals surface area (Å²) in [4.78, 5) is 11.9. The van der Waals surface area contributed by atoms with Gasteiger partial charge in [-0.3, -0.25) is 4.79 Å². The molecule has 2 aromatic carbocycles. The summed E-state index contributed by atoms with van der Waals surface area (Å²) >= 11 is 3.14. The lowest BCUT2D eigenvalue weighted by molar-refractivity contribution is 0.102. The summed E-state index contributed by atoms with van der Waals surface area (Å²) in [5.41, 5.74) is 7.01. The van der Waals surface area contributed by atoms with Gasteiger partial charge in [0.25, 0.3) is 5.91 Å². The number of nitrogens with two attached hydrogens (primary N) is 1. The van der Waals surface area contributed by atoms with Crippen LogP contribution in [0.15, 0.2) is 46.9 Å². The van der Waals surface area contributed by atoms with Gasteiger partial charge in [-0.2, -0.15) is 0 Å². The molecule has 2 rings (SSSR count). The summed E-state index contributed by atoms with van der Waals surface area (Å²) in [7, 11) is 0. The predicted molar refractivity (Wildman–Crippen MR) is 72.9 cm³/mol. The van der Waals surface area contributed by atoms with Gasteiger partial charge in [-0.05, 0) is 42.5 Å². The molecule has 0 atom stereocenters. The Labute approximate surface area is 112 Å². The first-order valence-electron chi connectivity index (χ1n) is 5.17. The number of hydrogen-bond donors (Lipinski definition) is 2. The van der Waals surface area contributed by atoms with Crippen molar-refractivity contribution in [1.29, 1.82) is 0 Å². The Hall–Kier alpha value is -1.88. The third-order valence-electron chi connectivity index (χ3n) is 2.29. The minimum absolute atomic E-state index is 0.249. The molecule has 2 aromatic rings. The number of nitrogens with one attached hydrogen (secondary N) is 1. The highest BCUT2D eigenvalue weighted by atomic mass is 79.9. The number of rotatable bonds is 2. The molecule has 3 nitrogen and oxygen atoms in total. The predicted octanol–water partition coefficient (Wildman–Crippen LogP) is 3.42. The number of halogens is 2. The lowest BCUT2D eigenvalue weighted by Gasteiger charge is -2.06. The van der Waals surface area contributed by atoms with Crippen LogP contribution in [0.25, 0.3) is 0 Å². The molecule has 0 saturated carbocycles. The van der Waals surface area contributed by atoms with Crippen LogP contribution in [0.1, 0.15) is 10.4 Å². The molecule has 5 heteroatoms. The molecule has 0 spiro atoms. The standard InChI is InChI=1S/C13H10BrFN2O/c14-9-5-8(6-10(15)7-9)13(18)17-12-3-1-11(16)2-4-12/h1-7H,16H2,(H,17,18). The highest BCUT2D eigenvalue weighted by Gasteiger charge is 2.08. The van der Waals surface area contributed by atoms with Gasteiger partial charge in [0.2, 0.25) is 0 Å². The fraction of sp³-hybridized carbons (Fsp3) is 0. The molecule has 0 aromatic heterocycles. The Balaban J connectivity index is 2.19. The Kier molecular flexibility index (Phi) is 3.62. The monoisotopic (exact) mass is 308 g/mol. The normalized spacial score (nSPS) is 10.1. The van der Waals surface area contributed by atoms with E-state index in [1.807, 2.05) is 0 Å². The third-order valence-corrected chi connectivity index (χ3v) is 2.75. The molecular weight excluding hydrogens is 299 g/mol. The number of nitrogen functional groups attached to an aromatic ring is 1. The van der Waals surface area contributed by atoms with Gasteiger partial charge in [-0.25, -0.2) is 4.39 Å². The molecule has 0 aliphatic rings. The maximum atomic E-state index is 13.2. The van der Waals surface area contributed by atoms with E-state index in [0.29, 0.717) is 15.8 Å². The number of hydrogen-bond acceptors (Lipinski definition) is 2. The van der Waals surface area contributed by atoms with E-state index < -0.39 is 5.82 Å². The first-order chi connectivity index (χ1) is 8.54. The van der Waals surface area contributed by atoms with Gasteiger partial charge in [0.1, 0.15) is 5.82 Å². The van der Waals surface area contributed by atoms with Crippen LogP contribution in [0.2, 0.25) is 0 Å². The highest BCUT2D eigenvalue weighted by Crippen LogP contribution is 2.17. The fourth-order valence-electron chi connectivity index (χ4n) is 1.45. The average molecular weight is 309 g/mol. The molecule has 0 unspecified atom stereocenters. The Morgan fingerprint density at radius 2 is 1.83 bits per heavy atom. The topological polar surface area (TPSA) is 55.1 Å². The van der Waals surface area contributed by atoms with Crippen LogP contribution in [0, 0.1) is 5.82 Å². The molecule has 1 amide bonds. The van der Waals surface area contributed by atoms with E-state index in [1.165, 1.54) is 12.1 Å². The Morgan fingerprint density at radius 3 is 2.44 bits per heavy atom. The zero-order chi connectivity index (χ0) is 13.1. The summed E-state index contributed by atoms with van der Waals surface area (Å²) in [5, 5.41) is 2.66. The summed E-state index contributed by atoms with van der Waals surface area (Å²) in [5.74, 6) is -0.841. The molecule has 18 heavy (non-hydrogen) atoms. The number of amides is 1. The van der Waals surface area contributed by atoms with Crippen molar-refractivity contribution in [3.63, 3.8) is 0 Å². The van der Waals surface area contributed by atoms with Gasteiger partial charge >= 0.3 is 0 Å². The van der Waals surface area contributed by atoms with E-state index in [4.69, 9.17) is 5.73 Å². The van der Waals surface area contributed by atoms with Gasteiger partial charge in [0.15, 0.2) is 0 Å². The SMILES string of the molecule is Nc1ccc(NC(=O)c2cc(F)cc(Br)c2)cc1. The van der Waals surface area contributed by atoms with E-state index in [1.54, 1.807) is 30.3 Å². The van der Waals surface area contributed by atoms with E-state index in [2.05, 4.69) is 21.2 Å². The van der Waals surface area contributed by atoms with Crippen LogP contribution in [0.4, 0.5) is 15.8 Å². The second-order valence-electron chi connectivity index (χ2n) is 3.73. The largest absolute Gasteiger partial charge is 0.399 e. The van der Waals surface area contributed by atoms with Crippen molar-refractivity contribution in [2.45, 2.75) is 0 Å². The minimum atomic E-state index is -0.466. The van der Waals surface area contributed by atoms with Crippen LogP contribution < -0.4 is 11.1 Å². The van der Waals surface area contributed by atoms with Crippen molar-refractivity contribution < 1.29 is 9.18 Å². The average Bonchev–Trinajstić information content (AvgIpc) is 2.31. The maximum absolute atomic E-state index is 13.2. The highest BCUT2D eigenvalue weighted by molar-refractivity contribution is 9.10. The van der Waals surface area contributed by atoms with Gasteiger partial charge < -0.3 is 11.1 Å². The van der Waals surface area contributed by atoms with Crippen LogP contribution >= 0.6 is 15.9 Å². The molecule has 92 valence electrons. The third kappa shape index (κ3) is 3.07. The Bertz CT molecular complexity index is 564. The van der Waals surface area contributed by atoms with Gasteiger partial charge in [0.05, 0.1) is 0 Å². The molecular formula is C13H10BrFN2O. The molecule has 0 heterocycles. The van der Waals surface area contributed by atoms with Crippen molar-refractivity contribution in [3.8, 4) is 0 Å². The maximum Gasteiger partial charge on any atom is 0.255 e. The minimum Gasteiger partial charge on any atom is -0.399 e. The summed E-state index contributed by atoms with van der Waals surface area (Å²) in [6.45, 7) is 0. The number of anilines is 2. The van der Waals surface area contributed by atoms with Crippen molar-refractivity contribution in [1.82, 2.24) is 0 Å². The van der Waals surface area contributed by atoms with Crippen LogP contribution in [0.5, 0.6) is 0 Å². The van der Waals surface area contributed by atoms with Crippen LogP contribution in [-0.4, -0.2) is 5.91 Å². The van der Waals surface area contributed by atoms with E-state index in [0.717, 1.165) is 0 Å². The van der Waals surface area contributed by atoms with Crippen LogP contribution in [-0.2, 0) is 0 Å². The Morgan fingerprint density at radius 1 is 1.17 bits per heavy atom. The molecule has 0 aliphatic heterocycles. The van der Waals surface area contributed by atoms with E-state index >= 15 is 0 Å². The van der Waals surface area contributed by atoms with E-state index in [-0.39, 0.29) is 11.5 Å². The summed E-state index contributed by atoms with van der Waals surface area (Å²) in [6, 6.07) is 10.7. The molecule has 0 aliphatic carbocycles. The first-order valence-corrected chi connectivity index (χ1v) is 5.97. The molecule has 3 N–H and O–H groups in total. The van der Waals surface area contributed by atoms with Crippen molar-refractivity contribution in [2.24, 2.45) is 0 Å². The van der Waals surface area contributed by atoms with Crippen molar-refractivity contribution >= 4 is 33.2 Å². The smallest absolute Gasteiger partial charge is 0.255 e.